The van der Waals surface area contributed by atoms with E-state index in [1.807, 2.05) is 25.1 Å². The topological polar surface area (TPSA) is 53.0 Å². The molecule has 2 N–H and O–H groups in total. The average Bonchev–Trinajstić information content (AvgIpc) is 2.30. The molecule has 0 bridgehead atoms. The van der Waals surface area contributed by atoms with Crippen molar-refractivity contribution in [1.82, 2.24) is 0 Å². The first kappa shape index (κ1) is 12.8. The normalized spacial score (nSPS) is 9.81. The van der Waals surface area contributed by atoms with Crippen LogP contribution in [-0.2, 0) is 4.79 Å². The second kappa shape index (κ2) is 7.06. The van der Waals surface area contributed by atoms with Gasteiger partial charge in [-0.25, -0.2) is 0 Å². The molecule has 0 unspecified atom stereocenters. The number of hydrogen-bond acceptors (Lipinski definition) is 4. The molecular weight excluding hydrogens is 220 g/mol. The lowest BCUT2D eigenvalue weighted by Gasteiger charge is -2.11. The summed E-state index contributed by atoms with van der Waals surface area (Å²) in [5.41, 5.74) is 1.88. The van der Waals surface area contributed by atoms with Gasteiger partial charge in [0.15, 0.2) is 0 Å². The summed E-state index contributed by atoms with van der Waals surface area (Å²) in [5.74, 6) is 0.764. The van der Waals surface area contributed by atoms with Crippen molar-refractivity contribution < 1.29 is 4.79 Å². The number of hydrogen-bond donors (Lipinski definition) is 2. The summed E-state index contributed by atoms with van der Waals surface area (Å²) in [5, 5.41) is 10.7. The molecule has 0 spiro atoms. The highest BCUT2D eigenvalue weighted by atomic mass is 32.2. The highest BCUT2D eigenvalue weighted by Gasteiger charge is 2.05. The van der Waals surface area contributed by atoms with Gasteiger partial charge in [-0.1, -0.05) is 6.07 Å². The number of thioether (sulfide) groups is 1. The zero-order valence-corrected chi connectivity index (χ0v) is 10.1. The Morgan fingerprint density at radius 2 is 2.31 bits per heavy atom. The van der Waals surface area contributed by atoms with E-state index in [0.717, 1.165) is 34.7 Å². The summed E-state index contributed by atoms with van der Waals surface area (Å²) in [4.78, 5) is 11.3. The number of aldehydes is 1. The lowest BCUT2D eigenvalue weighted by atomic mass is 10.2. The molecule has 0 saturated carbocycles. The van der Waals surface area contributed by atoms with E-state index in [2.05, 4.69) is 5.32 Å². The predicted molar refractivity (Wildman–Crippen MR) is 69.9 cm³/mol. The number of carbonyl (C=O) groups excluding carboxylic acids is 1. The molecule has 0 aromatic heterocycles. The maximum Gasteiger partial charge on any atom is 0.120 e. The van der Waals surface area contributed by atoms with Gasteiger partial charge in [-0.3, -0.25) is 0 Å². The average molecular weight is 236 g/mol. The molecule has 1 aromatic rings. The van der Waals surface area contributed by atoms with E-state index in [0.29, 0.717) is 6.42 Å². The van der Waals surface area contributed by atoms with Crippen LogP contribution in [0, 0.1) is 5.41 Å². The molecule has 0 saturated heterocycles. The van der Waals surface area contributed by atoms with Gasteiger partial charge in [0.05, 0.1) is 0 Å². The smallest absolute Gasteiger partial charge is 0.120 e. The van der Waals surface area contributed by atoms with Crippen LogP contribution in [0.4, 0.5) is 5.69 Å². The van der Waals surface area contributed by atoms with Gasteiger partial charge in [0, 0.05) is 41.1 Å². The quantitative estimate of drug-likeness (QED) is 0.331. The summed E-state index contributed by atoms with van der Waals surface area (Å²) in [6.07, 6.45) is 2.83. The minimum Gasteiger partial charge on any atom is -0.385 e. The molecule has 0 aliphatic heterocycles. The fraction of sp³-hybridized carbons (Fsp3) is 0.333. The summed E-state index contributed by atoms with van der Waals surface area (Å²) < 4.78 is 0. The van der Waals surface area contributed by atoms with Crippen molar-refractivity contribution in [2.75, 3.05) is 17.6 Å². The van der Waals surface area contributed by atoms with Gasteiger partial charge >= 0.3 is 0 Å². The zero-order chi connectivity index (χ0) is 11.8. The van der Waals surface area contributed by atoms with Gasteiger partial charge in [-0.05, 0) is 19.1 Å². The van der Waals surface area contributed by atoms with Crippen LogP contribution in [-0.4, -0.2) is 24.8 Å². The lowest BCUT2D eigenvalue weighted by molar-refractivity contribution is -0.107. The molecule has 4 heteroatoms. The number of rotatable bonds is 7. The summed E-state index contributed by atoms with van der Waals surface area (Å²) >= 11 is 1.61. The lowest BCUT2D eigenvalue weighted by Crippen LogP contribution is -2.01. The van der Waals surface area contributed by atoms with Gasteiger partial charge in [0.2, 0.25) is 0 Å². The molecule has 0 atom stereocenters. The minimum absolute atomic E-state index is 0.549. The third-order valence-electron chi connectivity index (χ3n) is 2.07. The second-order valence-electron chi connectivity index (χ2n) is 3.20. The van der Waals surface area contributed by atoms with E-state index in [1.54, 1.807) is 11.8 Å². The molecule has 86 valence electrons. The van der Waals surface area contributed by atoms with Crippen LogP contribution >= 0.6 is 11.8 Å². The summed E-state index contributed by atoms with van der Waals surface area (Å²) in [6.45, 7) is 2.86. The number of anilines is 1. The van der Waals surface area contributed by atoms with E-state index >= 15 is 0 Å². The van der Waals surface area contributed by atoms with Crippen LogP contribution in [0.2, 0.25) is 0 Å². The Kier molecular flexibility index (Phi) is 5.64. The predicted octanol–water partition coefficient (Wildman–Crippen LogP) is 2.80. The third-order valence-corrected chi connectivity index (χ3v) is 3.18. The van der Waals surface area contributed by atoms with Crippen molar-refractivity contribution in [2.24, 2.45) is 0 Å². The van der Waals surface area contributed by atoms with Crippen LogP contribution in [0.25, 0.3) is 0 Å². The molecule has 1 rings (SSSR count). The van der Waals surface area contributed by atoms with E-state index in [-0.39, 0.29) is 0 Å². The van der Waals surface area contributed by atoms with Crippen LogP contribution < -0.4 is 5.32 Å². The molecule has 0 aliphatic rings. The van der Waals surface area contributed by atoms with E-state index in [1.165, 1.54) is 6.21 Å². The fourth-order valence-corrected chi connectivity index (χ4v) is 2.31. The maximum atomic E-state index is 10.2. The molecule has 0 heterocycles. The molecule has 0 fully saturated rings. The molecule has 3 nitrogen and oxygen atoms in total. The molecule has 0 aliphatic carbocycles. The molecule has 0 radical (unpaired) electrons. The van der Waals surface area contributed by atoms with Gasteiger partial charge < -0.3 is 15.5 Å². The third kappa shape index (κ3) is 3.38. The summed E-state index contributed by atoms with van der Waals surface area (Å²) in [7, 11) is 0. The Labute approximate surface area is 100 Å². The van der Waals surface area contributed by atoms with Crippen molar-refractivity contribution in [1.29, 1.82) is 5.41 Å². The van der Waals surface area contributed by atoms with Gasteiger partial charge in [0.25, 0.3) is 0 Å². The van der Waals surface area contributed by atoms with Crippen LogP contribution in [0.3, 0.4) is 0 Å². The first-order valence-corrected chi connectivity index (χ1v) is 6.25. The monoisotopic (exact) mass is 236 g/mol. The zero-order valence-electron chi connectivity index (χ0n) is 9.32. The Hall–Kier alpha value is -1.29. The van der Waals surface area contributed by atoms with Gasteiger partial charge in [0.1, 0.15) is 6.29 Å². The SMILES string of the molecule is CCNc1cccc(SCCC=O)c1C=N. The standard InChI is InChI=1S/C12H16N2OS/c1-2-14-11-5-3-6-12(10(11)9-13)16-8-4-7-15/h3,5-7,9,13-14H,2,4,8H2,1H3. The van der Waals surface area contributed by atoms with Crippen LogP contribution in [0.15, 0.2) is 23.1 Å². The van der Waals surface area contributed by atoms with Crippen molar-refractivity contribution in [3.8, 4) is 0 Å². The Balaban J connectivity index is 2.85. The van der Waals surface area contributed by atoms with Gasteiger partial charge in [-0.15, -0.1) is 11.8 Å². The van der Waals surface area contributed by atoms with E-state index in [4.69, 9.17) is 5.41 Å². The first-order valence-electron chi connectivity index (χ1n) is 5.27. The van der Waals surface area contributed by atoms with Crippen molar-refractivity contribution in [3.05, 3.63) is 23.8 Å². The van der Waals surface area contributed by atoms with Crippen molar-refractivity contribution in [2.45, 2.75) is 18.2 Å². The van der Waals surface area contributed by atoms with Crippen molar-refractivity contribution in [3.63, 3.8) is 0 Å². The maximum absolute atomic E-state index is 10.2. The summed E-state index contributed by atoms with van der Waals surface area (Å²) in [6, 6.07) is 5.92. The molecule has 16 heavy (non-hydrogen) atoms. The molecule has 0 amide bonds. The first-order chi connectivity index (χ1) is 7.83. The van der Waals surface area contributed by atoms with E-state index < -0.39 is 0 Å². The number of carbonyl (C=O) groups is 1. The van der Waals surface area contributed by atoms with Crippen LogP contribution in [0.1, 0.15) is 18.9 Å². The number of nitrogens with one attached hydrogen (secondary N) is 2. The molecule has 1 aromatic carbocycles. The highest BCUT2D eigenvalue weighted by Crippen LogP contribution is 2.27. The molecular formula is C12H16N2OS. The second-order valence-corrected chi connectivity index (χ2v) is 4.33. The highest BCUT2D eigenvalue weighted by molar-refractivity contribution is 7.99. The minimum atomic E-state index is 0.549. The Morgan fingerprint density at radius 1 is 1.50 bits per heavy atom. The Morgan fingerprint density at radius 3 is 2.94 bits per heavy atom. The number of benzene rings is 1. The fourth-order valence-electron chi connectivity index (χ4n) is 1.38. The van der Waals surface area contributed by atoms with Crippen LogP contribution in [0.5, 0.6) is 0 Å². The largest absolute Gasteiger partial charge is 0.385 e. The Bertz CT molecular complexity index is 366. The van der Waals surface area contributed by atoms with E-state index in [9.17, 15) is 4.79 Å². The van der Waals surface area contributed by atoms with Gasteiger partial charge in [-0.2, -0.15) is 0 Å². The van der Waals surface area contributed by atoms with Crippen molar-refractivity contribution >= 4 is 30.0 Å².